The molecule has 0 aromatic heterocycles. The second-order valence-corrected chi connectivity index (χ2v) is 0.966. The van der Waals surface area contributed by atoms with E-state index >= 15 is 0 Å². The summed E-state index contributed by atoms with van der Waals surface area (Å²) in [6, 6.07) is 0. The minimum absolute atomic E-state index is 0. The third-order valence-electron chi connectivity index (χ3n) is 0.353. The van der Waals surface area contributed by atoms with E-state index < -0.39 is 0 Å². The number of rotatable bonds is 1. The predicted molar refractivity (Wildman–Crippen MR) is 24.0 cm³/mol. The van der Waals surface area contributed by atoms with Crippen LogP contribution in [0.5, 0.6) is 0 Å². The van der Waals surface area contributed by atoms with Crippen molar-refractivity contribution in [2.24, 2.45) is 0 Å². The molecule has 0 atom stereocenters. The van der Waals surface area contributed by atoms with Gasteiger partial charge in [0.25, 0.3) is 0 Å². The van der Waals surface area contributed by atoms with Crippen LogP contribution in [0.15, 0.2) is 24.5 Å². The van der Waals surface area contributed by atoms with Crippen molar-refractivity contribution in [3.8, 4) is 0 Å². The SMILES string of the molecule is C=C([O-])/C=C/C.[Li+]. The van der Waals surface area contributed by atoms with Crippen molar-refractivity contribution in [2.75, 3.05) is 0 Å². The van der Waals surface area contributed by atoms with Crippen molar-refractivity contribution in [3.63, 3.8) is 0 Å². The molecule has 0 amide bonds. The van der Waals surface area contributed by atoms with E-state index in [4.69, 9.17) is 0 Å². The van der Waals surface area contributed by atoms with Crippen LogP contribution in [0.4, 0.5) is 0 Å². The Hall–Kier alpha value is -0.123. The van der Waals surface area contributed by atoms with E-state index in [0.29, 0.717) is 0 Å². The van der Waals surface area contributed by atoms with Crippen LogP contribution in [0, 0.1) is 0 Å². The standard InChI is InChI=1S/C5H8O.Li/c1-3-4-5(2)6;/h3-4,6H,2H2,1H3;/q;+1/p-1/b4-3+;. The monoisotopic (exact) mass is 90.1 g/mol. The second kappa shape index (κ2) is 5.88. The molecule has 0 aromatic rings. The zero-order chi connectivity index (χ0) is 4.99. The van der Waals surface area contributed by atoms with Crippen molar-refractivity contribution in [2.45, 2.75) is 6.92 Å². The van der Waals surface area contributed by atoms with Crippen LogP contribution in [-0.4, -0.2) is 0 Å². The van der Waals surface area contributed by atoms with Crippen LogP contribution in [0.25, 0.3) is 0 Å². The minimum Gasteiger partial charge on any atom is -0.873 e. The number of allylic oxidation sites excluding steroid dienone is 2. The molecule has 0 spiro atoms. The molecule has 7 heavy (non-hydrogen) atoms. The van der Waals surface area contributed by atoms with E-state index in [1.165, 1.54) is 6.08 Å². The fourth-order valence-electron chi connectivity index (χ4n) is 0.186. The maximum absolute atomic E-state index is 9.85. The molecule has 0 heterocycles. The molecule has 34 valence electrons. The Kier molecular flexibility index (Phi) is 8.39. The molecule has 2 heteroatoms. The molecule has 0 rings (SSSR count). The average Bonchev–Trinajstić information content (AvgIpc) is 1.35. The number of hydrogen-bond acceptors (Lipinski definition) is 1. The topological polar surface area (TPSA) is 23.1 Å². The molecule has 0 N–H and O–H groups in total. The van der Waals surface area contributed by atoms with Gasteiger partial charge in [0.1, 0.15) is 0 Å². The largest absolute Gasteiger partial charge is 1.00 e. The summed E-state index contributed by atoms with van der Waals surface area (Å²) in [7, 11) is 0. The van der Waals surface area contributed by atoms with Gasteiger partial charge in [-0.3, -0.25) is 0 Å². The Balaban J connectivity index is 0. The van der Waals surface area contributed by atoms with E-state index in [0.717, 1.165) is 0 Å². The van der Waals surface area contributed by atoms with Gasteiger partial charge in [-0.25, -0.2) is 0 Å². The van der Waals surface area contributed by atoms with Gasteiger partial charge < -0.3 is 5.11 Å². The van der Waals surface area contributed by atoms with Crippen molar-refractivity contribution in [3.05, 3.63) is 24.5 Å². The van der Waals surface area contributed by atoms with Gasteiger partial charge in [-0.2, -0.15) is 0 Å². The maximum Gasteiger partial charge on any atom is 1.00 e. The summed E-state index contributed by atoms with van der Waals surface area (Å²) in [5, 5.41) is 9.85. The summed E-state index contributed by atoms with van der Waals surface area (Å²) in [6.45, 7) is 4.88. The fraction of sp³-hybridized carbons (Fsp3) is 0.200. The zero-order valence-corrected chi connectivity index (χ0v) is 4.77. The molecule has 0 saturated carbocycles. The third kappa shape index (κ3) is 10.7. The Morgan fingerprint density at radius 3 is 2.14 bits per heavy atom. The summed E-state index contributed by atoms with van der Waals surface area (Å²) in [4.78, 5) is 0. The van der Waals surface area contributed by atoms with Gasteiger partial charge in [-0.15, -0.1) is 12.3 Å². The Morgan fingerprint density at radius 2 is 2.14 bits per heavy atom. The molecule has 0 unspecified atom stereocenters. The Bertz CT molecular complexity index is 76.1. The first-order chi connectivity index (χ1) is 2.77. The predicted octanol–water partition coefficient (Wildman–Crippen LogP) is -2.56. The molecule has 0 aliphatic heterocycles. The third-order valence-corrected chi connectivity index (χ3v) is 0.353. The summed E-state index contributed by atoms with van der Waals surface area (Å²) >= 11 is 0. The van der Waals surface area contributed by atoms with Crippen LogP contribution in [-0.2, 0) is 0 Å². The van der Waals surface area contributed by atoms with E-state index in [1.807, 2.05) is 0 Å². The van der Waals surface area contributed by atoms with Crippen molar-refractivity contribution >= 4 is 0 Å². The summed E-state index contributed by atoms with van der Waals surface area (Å²) < 4.78 is 0. The average molecular weight is 90.1 g/mol. The van der Waals surface area contributed by atoms with Crippen LogP contribution in [0.3, 0.4) is 0 Å². The van der Waals surface area contributed by atoms with Crippen LogP contribution < -0.4 is 24.0 Å². The summed E-state index contributed by atoms with van der Waals surface area (Å²) in [5.41, 5.74) is 0. The molecular formula is C5H7LiO. The Morgan fingerprint density at radius 1 is 1.71 bits per heavy atom. The van der Waals surface area contributed by atoms with E-state index in [1.54, 1.807) is 13.0 Å². The van der Waals surface area contributed by atoms with Gasteiger partial charge in [0.15, 0.2) is 0 Å². The molecule has 1 nitrogen and oxygen atoms in total. The Labute approximate surface area is 55.9 Å². The quantitative estimate of drug-likeness (QED) is 0.197. The minimum atomic E-state index is -0.141. The molecule has 0 aliphatic carbocycles. The van der Waals surface area contributed by atoms with Gasteiger partial charge in [0.05, 0.1) is 0 Å². The van der Waals surface area contributed by atoms with Crippen LogP contribution in [0.2, 0.25) is 0 Å². The normalized spacial score (nSPS) is 8.14. The first-order valence-corrected chi connectivity index (χ1v) is 1.76. The second-order valence-electron chi connectivity index (χ2n) is 0.966. The molecule has 0 radical (unpaired) electrons. The van der Waals surface area contributed by atoms with Crippen LogP contribution >= 0.6 is 0 Å². The fourth-order valence-corrected chi connectivity index (χ4v) is 0.186. The smallest absolute Gasteiger partial charge is 0.873 e. The van der Waals surface area contributed by atoms with Gasteiger partial charge in [-0.1, -0.05) is 12.2 Å². The van der Waals surface area contributed by atoms with Crippen molar-refractivity contribution in [1.29, 1.82) is 0 Å². The van der Waals surface area contributed by atoms with E-state index in [-0.39, 0.29) is 24.6 Å². The van der Waals surface area contributed by atoms with Gasteiger partial charge in [0, 0.05) is 0 Å². The van der Waals surface area contributed by atoms with Crippen LogP contribution in [0.1, 0.15) is 6.92 Å². The van der Waals surface area contributed by atoms with Gasteiger partial charge in [0.2, 0.25) is 0 Å². The van der Waals surface area contributed by atoms with E-state index in [2.05, 4.69) is 6.58 Å². The molecule has 0 saturated heterocycles. The first-order valence-electron chi connectivity index (χ1n) is 1.76. The summed E-state index contributed by atoms with van der Waals surface area (Å²) in [6.07, 6.45) is 3.08. The first kappa shape index (κ1) is 9.99. The maximum atomic E-state index is 9.85. The zero-order valence-electron chi connectivity index (χ0n) is 4.77. The molecule has 0 aliphatic rings. The van der Waals surface area contributed by atoms with E-state index in [9.17, 15) is 5.11 Å². The van der Waals surface area contributed by atoms with Crippen molar-refractivity contribution < 1.29 is 24.0 Å². The van der Waals surface area contributed by atoms with Gasteiger partial charge >= 0.3 is 18.9 Å². The number of hydrogen-bond donors (Lipinski definition) is 0. The van der Waals surface area contributed by atoms with Crippen molar-refractivity contribution in [1.82, 2.24) is 0 Å². The molecule has 0 bridgehead atoms. The van der Waals surface area contributed by atoms with Gasteiger partial charge in [-0.05, 0) is 6.92 Å². The molecular weight excluding hydrogens is 83.0 g/mol. The summed E-state index contributed by atoms with van der Waals surface area (Å²) in [5.74, 6) is -0.141. The molecule has 0 aromatic carbocycles. The molecule has 0 fully saturated rings.